The summed E-state index contributed by atoms with van der Waals surface area (Å²) in [7, 11) is 0. The summed E-state index contributed by atoms with van der Waals surface area (Å²) in [6.07, 6.45) is 0.613. The zero-order valence-electron chi connectivity index (χ0n) is 8.16. The minimum atomic E-state index is -0.336. The lowest BCUT2D eigenvalue weighted by Gasteiger charge is -2.08. The van der Waals surface area contributed by atoms with Crippen LogP contribution >= 0.6 is 0 Å². The summed E-state index contributed by atoms with van der Waals surface area (Å²) >= 11 is 0. The molecule has 1 saturated heterocycles. The Kier molecular flexibility index (Phi) is 1.80. The van der Waals surface area contributed by atoms with E-state index in [1.807, 2.05) is 12.1 Å². The van der Waals surface area contributed by atoms with E-state index >= 15 is 0 Å². The monoisotopic (exact) mass is 205 g/mol. The van der Waals surface area contributed by atoms with Crippen molar-refractivity contribution >= 4 is 6.09 Å². The molecule has 0 saturated carbocycles. The summed E-state index contributed by atoms with van der Waals surface area (Å²) in [4.78, 5) is 10.9. The number of rotatable bonds is 1. The van der Waals surface area contributed by atoms with Gasteiger partial charge in [-0.3, -0.25) is 0 Å². The molecule has 1 fully saturated rings. The van der Waals surface area contributed by atoms with E-state index in [2.05, 4.69) is 11.4 Å². The second-order valence-corrected chi connectivity index (χ2v) is 3.76. The highest BCUT2D eigenvalue weighted by Gasteiger charge is 2.25. The number of carbonyl (C=O) groups is 1. The minimum Gasteiger partial charge on any atom is -0.493 e. The van der Waals surface area contributed by atoms with Gasteiger partial charge < -0.3 is 14.8 Å². The maximum atomic E-state index is 10.9. The van der Waals surface area contributed by atoms with Crippen LogP contribution in [0, 0.1) is 0 Å². The fourth-order valence-corrected chi connectivity index (χ4v) is 1.99. The summed E-state index contributed by atoms with van der Waals surface area (Å²) in [5.74, 6) is 0.962. The largest absolute Gasteiger partial charge is 0.493 e. The highest BCUT2D eigenvalue weighted by Crippen LogP contribution is 2.29. The Balaban J connectivity index is 1.89. The Morgan fingerprint density at radius 3 is 3.07 bits per heavy atom. The van der Waals surface area contributed by atoms with Gasteiger partial charge in [0.2, 0.25) is 0 Å². The second-order valence-electron chi connectivity index (χ2n) is 3.76. The fourth-order valence-electron chi connectivity index (χ4n) is 1.99. The number of alkyl carbamates (subject to hydrolysis) is 1. The quantitative estimate of drug-likeness (QED) is 0.753. The first-order valence-electron chi connectivity index (χ1n) is 5.02. The standard InChI is InChI=1S/C11H11NO3/c13-11-12-9(6-15-11)7-1-2-10-8(5-7)3-4-14-10/h1-2,5,9H,3-4,6H2,(H,12,13). The molecule has 0 spiro atoms. The number of hydrogen-bond donors (Lipinski definition) is 1. The Labute approximate surface area is 87.2 Å². The van der Waals surface area contributed by atoms with Gasteiger partial charge in [0.1, 0.15) is 12.4 Å². The maximum absolute atomic E-state index is 10.9. The van der Waals surface area contributed by atoms with E-state index in [1.165, 1.54) is 5.56 Å². The number of benzene rings is 1. The lowest BCUT2D eigenvalue weighted by Crippen LogP contribution is -2.18. The predicted octanol–water partition coefficient (Wildman–Crippen LogP) is 1.40. The Morgan fingerprint density at radius 1 is 1.33 bits per heavy atom. The molecule has 0 radical (unpaired) electrons. The number of hydrogen-bond acceptors (Lipinski definition) is 3. The smallest absolute Gasteiger partial charge is 0.407 e. The molecular formula is C11H11NO3. The summed E-state index contributed by atoms with van der Waals surface area (Å²) in [5, 5.41) is 2.76. The van der Waals surface area contributed by atoms with Gasteiger partial charge in [0.05, 0.1) is 12.6 Å². The van der Waals surface area contributed by atoms with Crippen molar-refractivity contribution in [2.45, 2.75) is 12.5 Å². The highest BCUT2D eigenvalue weighted by molar-refractivity contribution is 5.70. The molecule has 1 unspecified atom stereocenters. The van der Waals surface area contributed by atoms with Crippen molar-refractivity contribution in [1.82, 2.24) is 5.32 Å². The number of cyclic esters (lactones) is 1. The maximum Gasteiger partial charge on any atom is 0.407 e. The van der Waals surface area contributed by atoms with Gasteiger partial charge in [-0.1, -0.05) is 6.07 Å². The van der Waals surface area contributed by atoms with Crippen molar-refractivity contribution in [3.8, 4) is 5.75 Å². The van der Waals surface area contributed by atoms with Crippen LogP contribution in [-0.4, -0.2) is 19.3 Å². The molecule has 2 heterocycles. The molecule has 1 atom stereocenters. The van der Waals surface area contributed by atoms with Crippen molar-refractivity contribution in [2.24, 2.45) is 0 Å². The van der Waals surface area contributed by atoms with Crippen LogP contribution in [0.2, 0.25) is 0 Å². The number of carbonyl (C=O) groups excluding carboxylic acids is 1. The molecule has 15 heavy (non-hydrogen) atoms. The molecular weight excluding hydrogens is 194 g/mol. The lowest BCUT2D eigenvalue weighted by molar-refractivity contribution is 0.177. The number of amides is 1. The molecule has 2 aliphatic rings. The molecule has 0 aromatic heterocycles. The summed E-state index contributed by atoms with van der Waals surface area (Å²) in [6.45, 7) is 1.17. The van der Waals surface area contributed by atoms with Crippen LogP contribution in [0.4, 0.5) is 4.79 Å². The van der Waals surface area contributed by atoms with Gasteiger partial charge in [-0.25, -0.2) is 4.79 Å². The molecule has 3 rings (SSSR count). The molecule has 4 heteroatoms. The van der Waals surface area contributed by atoms with Crippen LogP contribution in [0.1, 0.15) is 17.2 Å². The van der Waals surface area contributed by atoms with Crippen LogP contribution in [0.5, 0.6) is 5.75 Å². The van der Waals surface area contributed by atoms with Gasteiger partial charge in [0.15, 0.2) is 0 Å². The van der Waals surface area contributed by atoms with Gasteiger partial charge in [0.25, 0.3) is 0 Å². The third-order valence-electron chi connectivity index (χ3n) is 2.79. The van der Waals surface area contributed by atoms with Crippen LogP contribution < -0.4 is 10.1 Å². The van der Waals surface area contributed by atoms with Crippen LogP contribution in [-0.2, 0) is 11.2 Å². The molecule has 78 valence electrons. The lowest BCUT2D eigenvalue weighted by atomic mass is 10.0. The molecule has 1 N–H and O–H groups in total. The average Bonchev–Trinajstić information content (AvgIpc) is 2.84. The van der Waals surface area contributed by atoms with Gasteiger partial charge in [-0.2, -0.15) is 0 Å². The van der Waals surface area contributed by atoms with E-state index in [4.69, 9.17) is 9.47 Å². The van der Waals surface area contributed by atoms with Crippen LogP contribution in [0.3, 0.4) is 0 Å². The molecule has 1 aromatic rings. The van der Waals surface area contributed by atoms with E-state index in [9.17, 15) is 4.79 Å². The zero-order chi connectivity index (χ0) is 10.3. The molecule has 0 aliphatic carbocycles. The first kappa shape index (κ1) is 8.59. The van der Waals surface area contributed by atoms with Gasteiger partial charge in [-0.05, 0) is 23.3 Å². The highest BCUT2D eigenvalue weighted by atomic mass is 16.6. The fraction of sp³-hybridized carbons (Fsp3) is 0.364. The van der Waals surface area contributed by atoms with Crippen molar-refractivity contribution in [2.75, 3.05) is 13.2 Å². The van der Waals surface area contributed by atoms with E-state index in [0.717, 1.165) is 24.3 Å². The summed E-state index contributed by atoms with van der Waals surface area (Å²) in [6, 6.07) is 6.01. The Hall–Kier alpha value is -1.71. The van der Waals surface area contributed by atoms with E-state index < -0.39 is 0 Å². The summed E-state index contributed by atoms with van der Waals surface area (Å²) < 4.78 is 10.3. The molecule has 2 aliphatic heterocycles. The molecule has 1 aromatic carbocycles. The Morgan fingerprint density at radius 2 is 2.27 bits per heavy atom. The van der Waals surface area contributed by atoms with Crippen LogP contribution in [0.15, 0.2) is 18.2 Å². The van der Waals surface area contributed by atoms with E-state index in [-0.39, 0.29) is 12.1 Å². The number of nitrogens with one attached hydrogen (secondary N) is 1. The molecule has 0 bridgehead atoms. The first-order chi connectivity index (χ1) is 7.33. The van der Waals surface area contributed by atoms with Crippen molar-refractivity contribution < 1.29 is 14.3 Å². The van der Waals surface area contributed by atoms with E-state index in [1.54, 1.807) is 0 Å². The number of ether oxygens (including phenoxy) is 2. The molecule has 1 amide bonds. The minimum absolute atomic E-state index is 0.0107. The normalized spacial score (nSPS) is 22.9. The van der Waals surface area contributed by atoms with Gasteiger partial charge >= 0.3 is 6.09 Å². The van der Waals surface area contributed by atoms with Crippen molar-refractivity contribution in [1.29, 1.82) is 0 Å². The van der Waals surface area contributed by atoms with Crippen LogP contribution in [0.25, 0.3) is 0 Å². The first-order valence-corrected chi connectivity index (χ1v) is 5.02. The van der Waals surface area contributed by atoms with Crippen molar-refractivity contribution in [3.63, 3.8) is 0 Å². The third kappa shape index (κ3) is 1.42. The second kappa shape index (κ2) is 3.15. The Bertz CT molecular complexity index is 416. The third-order valence-corrected chi connectivity index (χ3v) is 2.79. The predicted molar refractivity (Wildman–Crippen MR) is 52.9 cm³/mol. The van der Waals surface area contributed by atoms with Gasteiger partial charge in [-0.15, -0.1) is 0 Å². The average molecular weight is 205 g/mol. The topological polar surface area (TPSA) is 47.6 Å². The van der Waals surface area contributed by atoms with Gasteiger partial charge in [0, 0.05) is 6.42 Å². The zero-order valence-corrected chi connectivity index (χ0v) is 8.16. The van der Waals surface area contributed by atoms with E-state index in [0.29, 0.717) is 6.61 Å². The number of fused-ring (bicyclic) bond motifs is 1. The molecule has 4 nitrogen and oxygen atoms in total. The summed E-state index contributed by atoms with van der Waals surface area (Å²) in [5.41, 5.74) is 2.30. The SMILES string of the molecule is O=C1NC(c2ccc3c(c2)CCO3)CO1. The van der Waals surface area contributed by atoms with Crippen molar-refractivity contribution in [3.05, 3.63) is 29.3 Å².